The van der Waals surface area contributed by atoms with Gasteiger partial charge in [0, 0.05) is 0 Å². The van der Waals surface area contributed by atoms with Gasteiger partial charge in [-0.3, -0.25) is 0 Å². The van der Waals surface area contributed by atoms with Crippen LogP contribution >= 0.6 is 11.6 Å². The third-order valence-corrected chi connectivity index (χ3v) is 5.73. The van der Waals surface area contributed by atoms with E-state index in [1.807, 2.05) is 0 Å². The van der Waals surface area contributed by atoms with Crippen molar-refractivity contribution in [2.75, 3.05) is 0 Å². The van der Waals surface area contributed by atoms with Crippen LogP contribution in [-0.2, 0) is 0 Å². The van der Waals surface area contributed by atoms with Crippen molar-refractivity contribution in [3.05, 3.63) is 0 Å². The minimum absolute atomic E-state index is 0.628. The molecule has 22 heavy (non-hydrogen) atoms. The molecule has 1 rings (SSSR count). The molecule has 3 atom stereocenters. The molecule has 0 aromatic heterocycles. The van der Waals surface area contributed by atoms with Crippen molar-refractivity contribution in [3.63, 3.8) is 0 Å². The fourth-order valence-corrected chi connectivity index (χ4v) is 4.29. The monoisotopic (exact) mass is 330 g/mol. The van der Waals surface area contributed by atoms with Gasteiger partial charge in [-0.2, -0.15) is 0 Å². The predicted octanol–water partition coefficient (Wildman–Crippen LogP) is 7.05. The van der Waals surface area contributed by atoms with Crippen LogP contribution < -0.4 is 0 Å². The summed E-state index contributed by atoms with van der Waals surface area (Å²) >= 11 is 5.56. The third-order valence-electron chi connectivity index (χ3n) is 5.51. The van der Waals surface area contributed by atoms with Gasteiger partial charge in [-0.25, -0.2) is 0 Å². The number of hydrogen-bond donors (Lipinski definition) is 1. The van der Waals surface area contributed by atoms with E-state index in [-0.39, 0.29) is 0 Å². The predicted molar refractivity (Wildman–Crippen MR) is 98.4 cm³/mol. The minimum Gasteiger partial charge on any atom is -0.378 e. The molecule has 1 aliphatic carbocycles. The highest BCUT2D eigenvalue weighted by atomic mass is 35.5. The van der Waals surface area contributed by atoms with Crippen molar-refractivity contribution in [2.24, 2.45) is 11.8 Å². The fourth-order valence-electron chi connectivity index (χ4n) is 4.13. The number of unbranched alkanes of at least 4 members (excludes halogenated alkanes) is 8. The Morgan fingerprint density at radius 3 is 1.86 bits per heavy atom. The molecule has 132 valence electrons. The summed E-state index contributed by atoms with van der Waals surface area (Å²) in [5.41, 5.74) is -0.628. The molecule has 0 aromatic carbocycles. The van der Waals surface area contributed by atoms with Crippen molar-refractivity contribution in [2.45, 2.75) is 115 Å². The van der Waals surface area contributed by atoms with E-state index in [4.69, 9.17) is 16.7 Å². The molecule has 0 spiro atoms. The van der Waals surface area contributed by atoms with E-state index in [0.717, 1.165) is 24.7 Å². The maximum Gasteiger partial charge on any atom is 0.128 e. The first kappa shape index (κ1) is 20.3. The summed E-state index contributed by atoms with van der Waals surface area (Å²) in [5.74, 6) is 2.06. The molecule has 0 amide bonds. The third kappa shape index (κ3) is 10.1. The Morgan fingerprint density at radius 1 is 0.818 bits per heavy atom. The molecular formula is C20H39ClO. The van der Waals surface area contributed by atoms with Crippen LogP contribution in [0.15, 0.2) is 0 Å². The number of aliphatic hydroxyl groups excluding tert-OH is 1. The second-order valence-corrected chi connectivity index (χ2v) is 7.94. The van der Waals surface area contributed by atoms with Gasteiger partial charge in [-0.15, -0.1) is 0 Å². The van der Waals surface area contributed by atoms with E-state index in [2.05, 4.69) is 6.92 Å². The first-order valence-corrected chi connectivity index (χ1v) is 10.5. The van der Waals surface area contributed by atoms with Crippen LogP contribution in [-0.4, -0.2) is 10.7 Å². The molecule has 1 aliphatic rings. The van der Waals surface area contributed by atoms with Crippen LogP contribution in [0.4, 0.5) is 0 Å². The van der Waals surface area contributed by atoms with Crippen molar-refractivity contribution in [1.82, 2.24) is 0 Å². The highest BCUT2D eigenvalue weighted by molar-refractivity contribution is 6.19. The van der Waals surface area contributed by atoms with Gasteiger partial charge < -0.3 is 5.11 Å². The standard InChI is InChI=1S/C20H39ClO/c1-2-3-4-5-6-9-13-18-15-12-16-19(18)14-10-7-8-11-17-20(21)22/h18-20,22H,2-17H2,1H3/t18-,19-,20?/m0/s1. The normalized spacial score (nSPS) is 23.0. The molecule has 1 N–H and O–H groups in total. The van der Waals surface area contributed by atoms with Crippen LogP contribution in [0.3, 0.4) is 0 Å². The van der Waals surface area contributed by atoms with Crippen LogP contribution in [0.2, 0.25) is 0 Å². The van der Waals surface area contributed by atoms with Gasteiger partial charge in [0.25, 0.3) is 0 Å². The second-order valence-electron chi connectivity index (χ2n) is 7.43. The molecule has 1 fully saturated rings. The lowest BCUT2D eigenvalue weighted by molar-refractivity contribution is 0.240. The first-order valence-electron chi connectivity index (χ1n) is 10.1. The first-order chi connectivity index (χ1) is 10.7. The van der Waals surface area contributed by atoms with E-state index in [1.54, 1.807) is 0 Å². The average molecular weight is 331 g/mol. The molecule has 0 bridgehead atoms. The Labute approximate surface area is 144 Å². The Hall–Kier alpha value is 0.250. The summed E-state index contributed by atoms with van der Waals surface area (Å²) in [6.07, 6.45) is 21.8. The average Bonchev–Trinajstić information content (AvgIpc) is 2.93. The Kier molecular flexibility index (Phi) is 12.6. The van der Waals surface area contributed by atoms with Crippen LogP contribution in [0, 0.1) is 11.8 Å². The van der Waals surface area contributed by atoms with E-state index < -0.39 is 5.56 Å². The van der Waals surface area contributed by atoms with Crippen LogP contribution in [0.1, 0.15) is 110 Å². The number of rotatable bonds is 14. The SMILES string of the molecule is CCCCCCCC[C@H]1CCC[C@@H]1CCCCCCC(O)Cl. The molecule has 0 aromatic rings. The number of alkyl halides is 1. The molecule has 2 heteroatoms. The maximum absolute atomic E-state index is 9.03. The fraction of sp³-hybridized carbons (Fsp3) is 1.00. The molecule has 0 aliphatic heterocycles. The van der Waals surface area contributed by atoms with Gasteiger partial charge in [0.1, 0.15) is 5.56 Å². The maximum atomic E-state index is 9.03. The summed E-state index contributed by atoms with van der Waals surface area (Å²) in [6, 6.07) is 0. The smallest absolute Gasteiger partial charge is 0.128 e. The van der Waals surface area contributed by atoms with Crippen molar-refractivity contribution in [3.8, 4) is 0 Å². The van der Waals surface area contributed by atoms with Gasteiger partial charge in [-0.1, -0.05) is 108 Å². The summed E-state index contributed by atoms with van der Waals surface area (Å²) in [6.45, 7) is 2.29. The lowest BCUT2D eigenvalue weighted by atomic mass is 9.86. The zero-order valence-electron chi connectivity index (χ0n) is 14.9. The van der Waals surface area contributed by atoms with Gasteiger partial charge >= 0.3 is 0 Å². The summed E-state index contributed by atoms with van der Waals surface area (Å²) in [4.78, 5) is 0. The Morgan fingerprint density at radius 2 is 1.32 bits per heavy atom. The summed E-state index contributed by atoms with van der Waals surface area (Å²) in [7, 11) is 0. The van der Waals surface area contributed by atoms with Gasteiger partial charge in [0.15, 0.2) is 0 Å². The van der Waals surface area contributed by atoms with Crippen molar-refractivity contribution < 1.29 is 5.11 Å². The second kappa shape index (κ2) is 13.7. The van der Waals surface area contributed by atoms with E-state index >= 15 is 0 Å². The topological polar surface area (TPSA) is 20.2 Å². The number of hydrogen-bond acceptors (Lipinski definition) is 1. The van der Waals surface area contributed by atoms with Gasteiger partial charge in [-0.05, 0) is 24.7 Å². The highest BCUT2D eigenvalue weighted by Gasteiger charge is 2.25. The molecule has 0 heterocycles. The van der Waals surface area contributed by atoms with Crippen molar-refractivity contribution in [1.29, 1.82) is 0 Å². The quantitative estimate of drug-likeness (QED) is 0.267. The van der Waals surface area contributed by atoms with E-state index in [1.165, 1.54) is 89.9 Å². The lowest BCUT2D eigenvalue weighted by Crippen LogP contribution is -2.08. The van der Waals surface area contributed by atoms with E-state index in [0.29, 0.717) is 0 Å². The zero-order chi connectivity index (χ0) is 16.0. The van der Waals surface area contributed by atoms with E-state index in [9.17, 15) is 0 Å². The van der Waals surface area contributed by atoms with Crippen molar-refractivity contribution >= 4 is 11.6 Å². The highest BCUT2D eigenvalue weighted by Crippen LogP contribution is 2.38. The minimum atomic E-state index is -0.628. The largest absolute Gasteiger partial charge is 0.378 e. The van der Waals surface area contributed by atoms with Crippen LogP contribution in [0.5, 0.6) is 0 Å². The summed E-state index contributed by atoms with van der Waals surface area (Å²) in [5, 5.41) is 9.03. The van der Waals surface area contributed by atoms with Gasteiger partial charge in [0.2, 0.25) is 0 Å². The molecule has 1 saturated carbocycles. The molecule has 1 nitrogen and oxygen atoms in total. The Bertz CT molecular complexity index is 242. The lowest BCUT2D eigenvalue weighted by Gasteiger charge is -2.19. The summed E-state index contributed by atoms with van der Waals surface area (Å²) < 4.78 is 0. The molecule has 0 saturated heterocycles. The zero-order valence-corrected chi connectivity index (χ0v) is 15.6. The number of halogens is 1. The van der Waals surface area contributed by atoms with Gasteiger partial charge in [0.05, 0.1) is 0 Å². The van der Waals surface area contributed by atoms with Crippen LogP contribution in [0.25, 0.3) is 0 Å². The molecule has 1 unspecified atom stereocenters. The number of aliphatic hydroxyl groups is 1. The molecule has 0 radical (unpaired) electrons. The molecular weight excluding hydrogens is 292 g/mol. The Balaban J connectivity index is 1.98.